The van der Waals surface area contributed by atoms with E-state index in [9.17, 15) is 15.0 Å². The van der Waals surface area contributed by atoms with Crippen molar-refractivity contribution < 1.29 is 20.1 Å². The Hall–Kier alpha value is -1.48. The largest absolute Gasteiger partial charge is 0.394 e. The van der Waals surface area contributed by atoms with E-state index in [0.717, 1.165) is 4.57 Å². The minimum absolute atomic E-state index is 0.00666. The van der Waals surface area contributed by atoms with Crippen LogP contribution in [0.4, 0.5) is 5.82 Å². The Morgan fingerprint density at radius 2 is 2.22 bits per heavy atom. The predicted molar refractivity (Wildman–Crippen MR) is 60.5 cm³/mol. The lowest BCUT2D eigenvalue weighted by molar-refractivity contribution is -0.207. The molecular weight excluding hydrogens is 242 g/mol. The summed E-state index contributed by atoms with van der Waals surface area (Å²) in [5.41, 5.74) is 4.70. The van der Waals surface area contributed by atoms with Crippen molar-refractivity contribution in [3.63, 3.8) is 0 Å². The van der Waals surface area contributed by atoms with Crippen LogP contribution < -0.4 is 11.4 Å². The first-order valence-corrected chi connectivity index (χ1v) is 5.50. The van der Waals surface area contributed by atoms with Crippen LogP contribution in [0.25, 0.3) is 0 Å². The van der Waals surface area contributed by atoms with E-state index in [2.05, 4.69) is 4.98 Å². The van der Waals surface area contributed by atoms with Crippen LogP contribution in [0.15, 0.2) is 17.1 Å². The van der Waals surface area contributed by atoms with Crippen LogP contribution in [-0.2, 0) is 4.74 Å². The van der Waals surface area contributed by atoms with Crippen molar-refractivity contribution in [1.82, 2.24) is 9.55 Å². The molecule has 0 amide bonds. The fourth-order valence-electron chi connectivity index (χ4n) is 1.91. The summed E-state index contributed by atoms with van der Waals surface area (Å²) in [6.07, 6.45) is -2.52. The van der Waals surface area contributed by atoms with Gasteiger partial charge in [-0.05, 0) is 6.07 Å². The zero-order chi connectivity index (χ0) is 13.3. The highest BCUT2D eigenvalue weighted by Crippen LogP contribution is 2.26. The van der Waals surface area contributed by atoms with Gasteiger partial charge in [-0.25, -0.2) is 4.79 Å². The molecule has 0 saturated carbocycles. The summed E-state index contributed by atoms with van der Waals surface area (Å²) in [5, 5.41) is 28.4. The lowest BCUT2D eigenvalue weighted by atomic mass is 10.0. The summed E-state index contributed by atoms with van der Waals surface area (Å²) in [4.78, 5) is 15.1. The highest BCUT2D eigenvalue weighted by molar-refractivity contribution is 5.23. The van der Waals surface area contributed by atoms with Gasteiger partial charge in [0.15, 0.2) is 6.23 Å². The number of rotatable bonds is 2. The maximum atomic E-state index is 11.6. The van der Waals surface area contributed by atoms with Gasteiger partial charge in [-0.1, -0.05) is 0 Å². The number of aliphatic hydroxyl groups excluding tert-OH is 3. The molecule has 8 heteroatoms. The van der Waals surface area contributed by atoms with E-state index >= 15 is 0 Å². The zero-order valence-corrected chi connectivity index (χ0v) is 9.51. The van der Waals surface area contributed by atoms with Gasteiger partial charge in [-0.3, -0.25) is 4.57 Å². The average molecular weight is 257 g/mol. The molecule has 2 heterocycles. The van der Waals surface area contributed by atoms with Gasteiger partial charge in [0.1, 0.15) is 18.0 Å². The molecule has 1 aliphatic rings. The topological polar surface area (TPSA) is 131 Å². The van der Waals surface area contributed by atoms with Crippen molar-refractivity contribution in [2.45, 2.75) is 31.0 Å². The molecule has 2 unspecified atom stereocenters. The van der Waals surface area contributed by atoms with Crippen LogP contribution in [0.2, 0.25) is 0 Å². The Kier molecular flexibility index (Phi) is 3.62. The van der Waals surface area contributed by atoms with Gasteiger partial charge in [0.25, 0.3) is 0 Å². The third-order valence-corrected chi connectivity index (χ3v) is 2.86. The fourth-order valence-corrected chi connectivity index (χ4v) is 1.91. The Bertz CT molecular complexity index is 477. The summed E-state index contributed by atoms with van der Waals surface area (Å²) in [6, 6.07) is 1.40. The van der Waals surface area contributed by atoms with Crippen molar-refractivity contribution >= 4 is 5.82 Å². The summed E-state index contributed by atoms with van der Waals surface area (Å²) in [6.45, 7) is -0.401. The molecule has 1 aromatic rings. The second-order valence-corrected chi connectivity index (χ2v) is 4.16. The van der Waals surface area contributed by atoms with Crippen LogP contribution in [0.1, 0.15) is 12.6 Å². The van der Waals surface area contributed by atoms with Gasteiger partial charge in [-0.15, -0.1) is 0 Å². The van der Waals surface area contributed by atoms with E-state index in [1.807, 2.05) is 0 Å². The van der Waals surface area contributed by atoms with Crippen molar-refractivity contribution in [2.75, 3.05) is 12.3 Å². The quantitative estimate of drug-likeness (QED) is 0.474. The van der Waals surface area contributed by atoms with Crippen LogP contribution in [0.5, 0.6) is 0 Å². The maximum absolute atomic E-state index is 11.6. The maximum Gasteiger partial charge on any atom is 0.351 e. The second kappa shape index (κ2) is 5.02. The molecule has 1 aliphatic heterocycles. The highest BCUT2D eigenvalue weighted by atomic mass is 16.5. The van der Waals surface area contributed by atoms with Gasteiger partial charge in [0.2, 0.25) is 0 Å². The van der Waals surface area contributed by atoms with Crippen LogP contribution >= 0.6 is 0 Å². The summed E-state index contributed by atoms with van der Waals surface area (Å²) < 4.78 is 6.38. The molecule has 1 saturated heterocycles. The SMILES string of the molecule is Nc1ccn([C@@H]2O[C@H](CO)C(O)CC2O)c(=O)n1. The second-order valence-electron chi connectivity index (χ2n) is 4.16. The lowest BCUT2D eigenvalue weighted by Gasteiger charge is -2.36. The van der Waals surface area contributed by atoms with Crippen molar-refractivity contribution in [1.29, 1.82) is 0 Å². The molecule has 0 radical (unpaired) electrons. The molecule has 2 rings (SSSR count). The van der Waals surface area contributed by atoms with Crippen LogP contribution in [0, 0.1) is 0 Å². The molecule has 0 aromatic carbocycles. The Labute approximate surface area is 102 Å². The molecule has 1 fully saturated rings. The van der Waals surface area contributed by atoms with Gasteiger partial charge in [-0.2, -0.15) is 4.98 Å². The standard InChI is InChI=1S/C10H15N3O5/c11-8-1-2-13(10(17)12-8)9-6(16)3-5(15)7(4-14)18-9/h1-2,5-7,9,14-16H,3-4H2,(H2,11,12,17)/t5?,6?,7-,9-/m1/s1. The van der Waals surface area contributed by atoms with E-state index in [1.54, 1.807) is 0 Å². The van der Waals surface area contributed by atoms with Crippen LogP contribution in [-0.4, -0.2) is 49.8 Å². The molecule has 100 valence electrons. The summed E-state index contributed by atoms with van der Waals surface area (Å²) in [5.74, 6) is 0.0697. The molecule has 0 spiro atoms. The first-order valence-electron chi connectivity index (χ1n) is 5.50. The van der Waals surface area contributed by atoms with Crippen molar-refractivity contribution in [3.8, 4) is 0 Å². The van der Waals surface area contributed by atoms with E-state index in [-0.39, 0.29) is 12.2 Å². The number of anilines is 1. The Morgan fingerprint density at radius 1 is 1.50 bits per heavy atom. The molecule has 8 nitrogen and oxygen atoms in total. The minimum Gasteiger partial charge on any atom is -0.394 e. The van der Waals surface area contributed by atoms with Gasteiger partial charge in [0.05, 0.1) is 12.7 Å². The normalized spacial score (nSPS) is 32.4. The number of aromatic nitrogens is 2. The fraction of sp³-hybridized carbons (Fsp3) is 0.600. The molecular formula is C10H15N3O5. The van der Waals surface area contributed by atoms with E-state index in [1.165, 1.54) is 12.3 Å². The average Bonchev–Trinajstić information content (AvgIpc) is 2.30. The van der Waals surface area contributed by atoms with Gasteiger partial charge < -0.3 is 25.8 Å². The molecule has 18 heavy (non-hydrogen) atoms. The first kappa shape index (κ1) is 13.0. The molecule has 0 bridgehead atoms. The number of nitrogens with zero attached hydrogens (tertiary/aromatic N) is 2. The van der Waals surface area contributed by atoms with E-state index in [4.69, 9.17) is 15.6 Å². The van der Waals surface area contributed by atoms with E-state index < -0.39 is 36.8 Å². The van der Waals surface area contributed by atoms with Crippen molar-refractivity contribution in [3.05, 3.63) is 22.7 Å². The molecule has 0 aliphatic carbocycles. The molecule has 1 aromatic heterocycles. The smallest absolute Gasteiger partial charge is 0.351 e. The Morgan fingerprint density at radius 3 is 2.83 bits per heavy atom. The predicted octanol–water partition coefficient (Wildman–Crippen LogP) is -2.17. The first-order chi connectivity index (χ1) is 8.52. The summed E-state index contributed by atoms with van der Waals surface area (Å²) in [7, 11) is 0. The van der Waals surface area contributed by atoms with E-state index in [0.29, 0.717) is 0 Å². The number of hydrogen-bond donors (Lipinski definition) is 4. The molecule has 4 atom stereocenters. The minimum atomic E-state index is -1.06. The number of aliphatic hydroxyl groups is 3. The Balaban J connectivity index is 2.29. The number of ether oxygens (including phenoxy) is 1. The number of nitrogens with two attached hydrogens (primary N) is 1. The summed E-state index contributed by atoms with van der Waals surface area (Å²) >= 11 is 0. The third-order valence-electron chi connectivity index (χ3n) is 2.86. The number of hydrogen-bond acceptors (Lipinski definition) is 7. The molecule has 5 N–H and O–H groups in total. The lowest BCUT2D eigenvalue weighted by Crippen LogP contribution is -2.48. The van der Waals surface area contributed by atoms with Gasteiger partial charge in [0, 0.05) is 12.6 Å². The highest BCUT2D eigenvalue weighted by Gasteiger charge is 2.37. The monoisotopic (exact) mass is 257 g/mol. The van der Waals surface area contributed by atoms with Gasteiger partial charge >= 0.3 is 5.69 Å². The van der Waals surface area contributed by atoms with Crippen molar-refractivity contribution in [2.24, 2.45) is 0 Å². The zero-order valence-electron chi connectivity index (χ0n) is 9.51. The third kappa shape index (κ3) is 2.36. The number of nitrogen functional groups attached to an aromatic ring is 1. The van der Waals surface area contributed by atoms with Crippen LogP contribution in [0.3, 0.4) is 0 Å².